The number of halogens is 5. The van der Waals surface area contributed by atoms with Crippen LogP contribution in [0, 0.1) is 12.7 Å². The maximum Gasteiger partial charge on any atom is 0.339 e. The number of rotatable bonds is 15. The van der Waals surface area contributed by atoms with Gasteiger partial charge in [-0.15, -0.1) is 23.4 Å². The number of alkyl halides is 3. The number of ether oxygens (including phenoxy) is 3. The quantitative estimate of drug-likeness (QED) is 0.0301. The summed E-state index contributed by atoms with van der Waals surface area (Å²) in [5.74, 6) is -1.87. The molecule has 2 aliphatic rings. The summed E-state index contributed by atoms with van der Waals surface area (Å²) >= 11 is 25.1. The molecule has 69 heavy (non-hydrogen) atoms. The number of esters is 1. The van der Waals surface area contributed by atoms with E-state index in [4.69, 9.17) is 70.8 Å². The van der Waals surface area contributed by atoms with Crippen molar-refractivity contribution in [2.45, 2.75) is 75.8 Å². The highest BCUT2D eigenvalue weighted by atomic mass is 35.5. The number of nitrogens with one attached hydrogen (secondary N) is 1. The highest BCUT2D eigenvalue weighted by Crippen LogP contribution is 2.36. The van der Waals surface area contributed by atoms with Gasteiger partial charge < -0.3 is 34.0 Å². The summed E-state index contributed by atoms with van der Waals surface area (Å²) in [6.45, 7) is 10.0. The van der Waals surface area contributed by atoms with Crippen LogP contribution in [0.25, 0.3) is 0 Å². The predicted molar refractivity (Wildman–Crippen MR) is 267 cm³/mol. The number of benzene rings is 3. The number of hydrogen-bond donors (Lipinski definition) is 4. The Bertz CT molecular complexity index is 2560. The zero-order valence-corrected chi connectivity index (χ0v) is 43.8. The summed E-state index contributed by atoms with van der Waals surface area (Å²) in [6, 6.07) is 15.9. The van der Waals surface area contributed by atoms with Gasteiger partial charge in [0.1, 0.15) is 36.5 Å². The first-order valence-electron chi connectivity index (χ1n) is 21.0. The number of amides is 2. The number of thioether (sulfide) groups is 1. The van der Waals surface area contributed by atoms with Crippen molar-refractivity contribution in [3.63, 3.8) is 0 Å². The van der Waals surface area contributed by atoms with E-state index in [1.54, 1.807) is 19.2 Å². The molecule has 6 rings (SSSR count). The van der Waals surface area contributed by atoms with Gasteiger partial charge in [0.05, 0.1) is 48.1 Å². The van der Waals surface area contributed by atoms with E-state index in [1.807, 2.05) is 63.2 Å². The molecule has 1 aromatic heterocycles. The molecule has 1 unspecified atom stereocenters. The van der Waals surface area contributed by atoms with Crippen molar-refractivity contribution >= 4 is 118 Å². The van der Waals surface area contributed by atoms with Gasteiger partial charge in [0.25, 0.3) is 5.91 Å². The van der Waals surface area contributed by atoms with Crippen LogP contribution in [0.2, 0.25) is 5.02 Å². The first-order valence-corrected chi connectivity index (χ1v) is 26.4. The van der Waals surface area contributed by atoms with E-state index in [0.29, 0.717) is 41.7 Å². The number of hydrogen-bond acceptors (Lipinski definition) is 13. The lowest BCUT2D eigenvalue weighted by atomic mass is 10.0. The Balaban J connectivity index is 0.000000256. The summed E-state index contributed by atoms with van der Waals surface area (Å²) in [6.07, 6.45) is 2.17. The fraction of sp³-hybridized carbons (Fsp3) is 0.442. The third-order valence-corrected chi connectivity index (χ3v) is 13.1. The van der Waals surface area contributed by atoms with Gasteiger partial charge in [-0.05, 0) is 86.8 Å². The van der Waals surface area contributed by atoms with E-state index in [2.05, 4.69) is 22.0 Å². The number of aromatic nitrogens is 2. The lowest BCUT2D eigenvalue weighted by molar-refractivity contribution is -0.137. The topological polar surface area (TPSA) is 232 Å². The number of aryl methyl sites for hydroxylation is 2. The Kier molecular flexibility index (Phi) is 25.3. The van der Waals surface area contributed by atoms with Crippen LogP contribution in [0.3, 0.4) is 0 Å². The van der Waals surface area contributed by atoms with Crippen molar-refractivity contribution in [2.75, 3.05) is 61.3 Å². The van der Waals surface area contributed by atoms with Crippen LogP contribution in [0.15, 0.2) is 69.3 Å². The molecule has 4 aromatic rings. The minimum atomic E-state index is -4.10. The summed E-state index contributed by atoms with van der Waals surface area (Å²) in [5.41, 5.74) is 3.93. The van der Waals surface area contributed by atoms with Crippen molar-refractivity contribution in [2.24, 2.45) is 4.99 Å². The molecule has 0 saturated heterocycles. The molecular formula is C43H54Cl4FN6O12PS2. The maximum absolute atomic E-state index is 14.3. The molecule has 3 heterocycles. The Morgan fingerprint density at radius 1 is 1.09 bits per heavy atom. The molecule has 3 aromatic carbocycles. The second-order valence-electron chi connectivity index (χ2n) is 14.6. The average Bonchev–Trinajstić information content (AvgIpc) is 3.63. The van der Waals surface area contributed by atoms with Crippen LogP contribution in [0.4, 0.5) is 21.5 Å². The SMILES string of the molecule is CC1COc2ccccc2N1C(=O)C(Cl)Cl.CCOCN(C(=O)CCl)c1c(C)cccc1CC.COC(=O)CSc1cc(/N=c2\sc(=O)n3n2CCCC3)c(F)cc1Cl.O=C(O)CNCP(=O)(O)O. The largest absolute Gasteiger partial charge is 0.489 e. The number of fused-ring (bicyclic) bond motifs is 2. The number of para-hydroxylation sites is 3. The minimum absolute atomic E-state index is 0.0371. The van der Waals surface area contributed by atoms with Crippen LogP contribution < -0.4 is 29.5 Å². The molecule has 0 fully saturated rings. The van der Waals surface area contributed by atoms with Crippen molar-refractivity contribution in [1.82, 2.24) is 14.7 Å². The van der Waals surface area contributed by atoms with Crippen molar-refractivity contribution in [3.8, 4) is 5.75 Å². The zero-order valence-electron chi connectivity index (χ0n) is 38.2. The molecule has 1 atom stereocenters. The summed E-state index contributed by atoms with van der Waals surface area (Å²) in [5, 5.41) is 10.3. The van der Waals surface area contributed by atoms with E-state index in [-0.39, 0.29) is 51.8 Å². The lowest BCUT2D eigenvalue weighted by Crippen LogP contribution is -2.47. The number of nitrogens with zero attached hydrogens (tertiary/aromatic N) is 5. The average molecular weight is 1100 g/mol. The van der Waals surface area contributed by atoms with Crippen LogP contribution in [-0.2, 0) is 52.7 Å². The molecule has 2 amide bonds. The second kappa shape index (κ2) is 29.4. The highest BCUT2D eigenvalue weighted by molar-refractivity contribution is 8.00. The van der Waals surface area contributed by atoms with Crippen molar-refractivity contribution in [1.29, 1.82) is 0 Å². The molecule has 0 saturated carbocycles. The van der Waals surface area contributed by atoms with Crippen LogP contribution in [0.5, 0.6) is 5.75 Å². The normalized spacial score (nSPS) is 14.1. The molecule has 0 spiro atoms. The van der Waals surface area contributed by atoms with Crippen LogP contribution in [0.1, 0.15) is 44.7 Å². The lowest BCUT2D eigenvalue weighted by Gasteiger charge is -2.35. The molecule has 26 heteroatoms. The molecule has 0 aliphatic carbocycles. The number of carbonyl (C=O) groups is 4. The maximum atomic E-state index is 14.3. The fourth-order valence-corrected chi connectivity index (χ4v) is 9.13. The number of carboxylic acid groups (broad SMARTS) is 1. The molecule has 0 radical (unpaired) electrons. The number of carbonyl (C=O) groups excluding carboxylic acids is 3. The third kappa shape index (κ3) is 18.6. The molecule has 380 valence electrons. The van der Waals surface area contributed by atoms with Crippen molar-refractivity contribution < 1.29 is 57.2 Å². The van der Waals surface area contributed by atoms with Gasteiger partial charge in [0.2, 0.25) is 10.7 Å². The Morgan fingerprint density at radius 3 is 2.38 bits per heavy atom. The standard InChI is InChI=1S/C15H15ClFN3O3S2.C14H20ClNO2.C11H11Cl2NO2.C3H8NO5P/c1-23-13(21)8-24-12-7-11(10(17)6-9(12)16)18-14-19-4-2-3-5-20(19)15(22)25-14;1-4-12-8-6-7-11(3)14(12)16(10-18-5-2)13(17)9-15;1-7-6-16-9-5-3-2-4-8(9)14(7)11(15)10(12)13;5-3(6)1-4-2-10(7,8)9/h6-7H,2-5,8H2,1H3;6-8H,4-5,9-10H2,1-3H3;2-5,7,10H,6H2,1H3;4H,1-2H2,(H,5,6)(H2,7,8,9)/b18-14-;;;. The number of methoxy groups -OCH3 is 1. The Morgan fingerprint density at radius 2 is 1.77 bits per heavy atom. The smallest absolute Gasteiger partial charge is 0.339 e. The van der Waals surface area contributed by atoms with E-state index in [1.165, 1.54) is 13.2 Å². The van der Waals surface area contributed by atoms with E-state index >= 15 is 0 Å². The summed E-state index contributed by atoms with van der Waals surface area (Å²) < 4.78 is 43.2. The highest BCUT2D eigenvalue weighted by Gasteiger charge is 2.32. The van der Waals surface area contributed by atoms with Crippen molar-refractivity contribution in [3.05, 3.63) is 91.0 Å². The Labute approximate surface area is 426 Å². The van der Waals surface area contributed by atoms with Gasteiger partial charge in [-0.25, -0.2) is 14.1 Å². The molecule has 18 nitrogen and oxygen atoms in total. The first-order chi connectivity index (χ1) is 32.7. The van der Waals surface area contributed by atoms with Crippen LogP contribution >= 0.6 is 77.1 Å². The fourth-order valence-electron chi connectivity index (χ4n) is 6.39. The third-order valence-electron chi connectivity index (χ3n) is 9.56. The molecule has 0 bridgehead atoms. The van der Waals surface area contributed by atoms with Gasteiger partial charge in [0, 0.05) is 24.6 Å². The van der Waals surface area contributed by atoms with E-state index in [0.717, 1.165) is 70.9 Å². The molecular weight excluding hydrogens is 1050 g/mol. The number of aliphatic carboxylic acids is 1. The van der Waals surface area contributed by atoms with Gasteiger partial charge in [-0.1, -0.05) is 72.1 Å². The zero-order chi connectivity index (χ0) is 51.4. The van der Waals surface area contributed by atoms with Gasteiger partial charge in [-0.3, -0.25) is 43.4 Å². The number of carboxylic acids is 1. The van der Waals surface area contributed by atoms with E-state index in [9.17, 15) is 32.9 Å². The van der Waals surface area contributed by atoms with Gasteiger partial charge in [0.15, 0.2) is 4.84 Å². The predicted octanol–water partition coefficient (Wildman–Crippen LogP) is 7.32. The minimum Gasteiger partial charge on any atom is -0.489 e. The van der Waals surface area contributed by atoms with Gasteiger partial charge >= 0.3 is 24.4 Å². The summed E-state index contributed by atoms with van der Waals surface area (Å²) in [7, 11) is -2.80. The van der Waals surface area contributed by atoms with Crippen LogP contribution in [-0.4, -0.2) is 110 Å². The number of anilines is 2. The summed E-state index contributed by atoms with van der Waals surface area (Å²) in [4.78, 5) is 80.6. The monoisotopic (exact) mass is 1100 g/mol. The molecule has 2 aliphatic heterocycles. The first kappa shape index (κ1) is 59.3. The molecule has 4 N–H and O–H groups in total. The van der Waals surface area contributed by atoms with Gasteiger partial charge in [-0.2, -0.15) is 0 Å². The second-order valence-corrected chi connectivity index (χ2v) is 20.0. The van der Waals surface area contributed by atoms with E-state index < -0.39 is 43.0 Å². The Hall–Kier alpha value is -3.99.